The van der Waals surface area contributed by atoms with Crippen LogP contribution in [0.3, 0.4) is 0 Å². The summed E-state index contributed by atoms with van der Waals surface area (Å²) in [5.41, 5.74) is 1.69. The number of benzene rings is 1. The molecule has 2 aromatic rings. The highest BCUT2D eigenvalue weighted by atomic mass is 16.6. The van der Waals surface area contributed by atoms with Crippen LogP contribution in [0.25, 0.3) is 5.69 Å². The van der Waals surface area contributed by atoms with E-state index in [0.717, 1.165) is 24.9 Å². The molecule has 1 aromatic heterocycles. The molecule has 34 heavy (non-hydrogen) atoms. The molecule has 9 nitrogen and oxygen atoms in total. The van der Waals surface area contributed by atoms with Crippen molar-refractivity contribution in [3.8, 4) is 5.69 Å². The van der Waals surface area contributed by atoms with E-state index in [9.17, 15) is 14.4 Å². The normalized spacial score (nSPS) is 21.4. The Morgan fingerprint density at radius 2 is 1.65 bits per heavy atom. The van der Waals surface area contributed by atoms with E-state index in [0.29, 0.717) is 51.4 Å². The maximum atomic E-state index is 13.1. The highest BCUT2D eigenvalue weighted by Gasteiger charge is 2.59. The van der Waals surface area contributed by atoms with Crippen LogP contribution in [-0.2, 0) is 9.53 Å². The van der Waals surface area contributed by atoms with Gasteiger partial charge in [0.25, 0.3) is 5.91 Å². The highest BCUT2D eigenvalue weighted by molar-refractivity contribution is 5.94. The number of likely N-dealkylation sites (tertiary alicyclic amines) is 1. The number of nitrogens with zero attached hydrogens (tertiary/aromatic N) is 5. The van der Waals surface area contributed by atoms with Gasteiger partial charge in [-0.1, -0.05) is 0 Å². The molecule has 0 unspecified atom stereocenters. The molecule has 5 rings (SSSR count). The molecular weight excluding hydrogens is 434 g/mol. The lowest BCUT2D eigenvalue weighted by atomic mass is 9.90. The summed E-state index contributed by atoms with van der Waals surface area (Å²) >= 11 is 0. The van der Waals surface area contributed by atoms with E-state index in [1.165, 1.54) is 0 Å². The number of hydrogen-bond donors (Lipinski definition) is 0. The van der Waals surface area contributed by atoms with E-state index in [1.807, 2.05) is 44.8 Å². The van der Waals surface area contributed by atoms with Crippen LogP contribution in [-0.4, -0.2) is 88.0 Å². The Morgan fingerprint density at radius 3 is 2.26 bits per heavy atom. The van der Waals surface area contributed by atoms with Gasteiger partial charge in [0, 0.05) is 68.8 Å². The van der Waals surface area contributed by atoms with Gasteiger partial charge in [-0.15, -0.1) is 0 Å². The number of rotatable bonds is 4. The number of aromatic nitrogens is 2. The summed E-state index contributed by atoms with van der Waals surface area (Å²) in [5, 5.41) is 0. The molecular formula is C25H31N5O4. The zero-order valence-electron chi connectivity index (χ0n) is 19.6. The van der Waals surface area contributed by atoms with Crippen LogP contribution in [0.15, 0.2) is 43.0 Å². The molecule has 0 bridgehead atoms. The molecule has 3 fully saturated rings. The van der Waals surface area contributed by atoms with E-state index in [4.69, 9.17) is 4.74 Å². The maximum Gasteiger partial charge on any atom is 0.409 e. The minimum absolute atomic E-state index is 0.0391. The quantitative estimate of drug-likeness (QED) is 0.692. The fraction of sp³-hybridized carbons (Fsp3) is 0.520. The first-order valence-corrected chi connectivity index (χ1v) is 12.1. The minimum Gasteiger partial charge on any atom is -0.450 e. The number of carbonyl (C=O) groups excluding carboxylic acids is 3. The van der Waals surface area contributed by atoms with Crippen molar-refractivity contribution in [2.75, 3.05) is 45.9 Å². The Hall–Kier alpha value is -3.36. The van der Waals surface area contributed by atoms with Crippen molar-refractivity contribution in [3.63, 3.8) is 0 Å². The number of imidazole rings is 1. The lowest BCUT2D eigenvalue weighted by Gasteiger charge is -2.36. The fourth-order valence-corrected chi connectivity index (χ4v) is 5.32. The molecule has 3 amide bonds. The number of piperidine rings is 1. The second-order valence-electron chi connectivity index (χ2n) is 9.44. The molecule has 0 N–H and O–H groups in total. The fourth-order valence-electron chi connectivity index (χ4n) is 5.32. The van der Waals surface area contributed by atoms with Crippen LogP contribution in [0.4, 0.5) is 4.79 Å². The summed E-state index contributed by atoms with van der Waals surface area (Å²) in [4.78, 5) is 47.5. The van der Waals surface area contributed by atoms with E-state index < -0.39 is 0 Å². The first kappa shape index (κ1) is 22.4. The largest absolute Gasteiger partial charge is 0.450 e. The van der Waals surface area contributed by atoms with E-state index in [1.54, 1.807) is 24.3 Å². The van der Waals surface area contributed by atoms with E-state index in [-0.39, 0.29) is 29.2 Å². The Labute approximate surface area is 199 Å². The molecule has 0 radical (unpaired) electrons. The first-order chi connectivity index (χ1) is 16.5. The molecule has 9 heteroatoms. The van der Waals surface area contributed by atoms with Gasteiger partial charge >= 0.3 is 6.09 Å². The van der Waals surface area contributed by atoms with Gasteiger partial charge in [0.1, 0.15) is 0 Å². The Morgan fingerprint density at radius 1 is 0.971 bits per heavy atom. The third kappa shape index (κ3) is 4.26. The minimum atomic E-state index is -0.300. The predicted octanol–water partition coefficient (Wildman–Crippen LogP) is 2.42. The number of piperazine rings is 1. The van der Waals surface area contributed by atoms with Gasteiger partial charge in [0.05, 0.1) is 12.9 Å². The molecule has 1 saturated carbocycles. The summed E-state index contributed by atoms with van der Waals surface area (Å²) in [6, 6.07) is 7.58. The SMILES string of the molecule is CCOC(=O)N1CCN(C(=O)[C@H]2CC23CCN(C(=O)c2ccc(-n4ccnc4)cc2)CC3)CC1. The predicted molar refractivity (Wildman–Crippen MR) is 124 cm³/mol. The van der Waals surface area contributed by atoms with Crippen molar-refractivity contribution >= 4 is 17.9 Å². The van der Waals surface area contributed by atoms with E-state index >= 15 is 0 Å². The number of ether oxygens (including phenoxy) is 1. The topological polar surface area (TPSA) is 88.0 Å². The molecule has 3 heterocycles. The Kier molecular flexibility index (Phi) is 6.02. The van der Waals surface area contributed by atoms with Crippen LogP contribution in [0.2, 0.25) is 0 Å². The summed E-state index contributed by atoms with van der Waals surface area (Å²) in [6.07, 6.45) is 7.66. The van der Waals surface area contributed by atoms with Crippen LogP contribution >= 0.6 is 0 Å². The van der Waals surface area contributed by atoms with Crippen molar-refractivity contribution in [1.82, 2.24) is 24.3 Å². The molecule has 3 aliphatic rings. The summed E-state index contributed by atoms with van der Waals surface area (Å²) < 4.78 is 6.96. The maximum absolute atomic E-state index is 13.1. The van der Waals surface area contributed by atoms with Gasteiger partial charge < -0.3 is 24.0 Å². The molecule has 1 atom stereocenters. The second kappa shape index (κ2) is 9.12. The van der Waals surface area contributed by atoms with Crippen LogP contribution in [0, 0.1) is 11.3 Å². The van der Waals surface area contributed by atoms with Gasteiger partial charge in [-0.25, -0.2) is 9.78 Å². The number of hydrogen-bond acceptors (Lipinski definition) is 5. The average Bonchev–Trinajstić information content (AvgIpc) is 3.29. The lowest BCUT2D eigenvalue weighted by molar-refractivity contribution is -0.135. The number of amides is 3. The first-order valence-electron chi connectivity index (χ1n) is 12.1. The number of carbonyl (C=O) groups is 3. The zero-order chi connectivity index (χ0) is 23.7. The zero-order valence-corrected chi connectivity index (χ0v) is 19.6. The smallest absolute Gasteiger partial charge is 0.409 e. The lowest BCUT2D eigenvalue weighted by Crippen LogP contribution is -2.51. The van der Waals surface area contributed by atoms with E-state index in [2.05, 4.69) is 4.98 Å². The second-order valence-corrected chi connectivity index (χ2v) is 9.44. The highest BCUT2D eigenvalue weighted by Crippen LogP contribution is 2.60. The van der Waals surface area contributed by atoms with Gasteiger partial charge in [-0.3, -0.25) is 9.59 Å². The monoisotopic (exact) mass is 465 g/mol. The Balaban J connectivity index is 1.11. The Bertz CT molecular complexity index is 1040. The van der Waals surface area contributed by atoms with Gasteiger partial charge in [-0.05, 0) is 55.9 Å². The summed E-state index contributed by atoms with van der Waals surface area (Å²) in [6.45, 7) is 5.68. The molecule has 180 valence electrons. The van der Waals surface area contributed by atoms with Gasteiger partial charge in [-0.2, -0.15) is 0 Å². The molecule has 1 spiro atoms. The van der Waals surface area contributed by atoms with Gasteiger partial charge in [0.2, 0.25) is 5.91 Å². The van der Waals surface area contributed by atoms with Crippen LogP contribution in [0.5, 0.6) is 0 Å². The van der Waals surface area contributed by atoms with Crippen molar-refractivity contribution in [1.29, 1.82) is 0 Å². The summed E-state index contributed by atoms with van der Waals surface area (Å²) in [5.74, 6) is 0.303. The van der Waals surface area contributed by atoms with Crippen molar-refractivity contribution in [2.45, 2.75) is 26.2 Å². The standard InChI is InChI=1S/C25H31N5O4/c1-2-34-24(33)29-15-13-28(14-16-29)23(32)21-17-25(21)7-10-27(11-8-25)22(31)19-3-5-20(6-4-19)30-12-9-26-18-30/h3-6,9,12,18,21H,2,7-8,10-11,13-17H2,1H3/t21-/m1/s1. The summed E-state index contributed by atoms with van der Waals surface area (Å²) in [7, 11) is 0. The average molecular weight is 466 g/mol. The molecule has 2 saturated heterocycles. The molecule has 1 aromatic carbocycles. The molecule has 2 aliphatic heterocycles. The third-order valence-electron chi connectivity index (χ3n) is 7.57. The van der Waals surface area contributed by atoms with Crippen molar-refractivity contribution in [3.05, 3.63) is 48.5 Å². The van der Waals surface area contributed by atoms with Crippen LogP contribution in [0.1, 0.15) is 36.5 Å². The van der Waals surface area contributed by atoms with Crippen LogP contribution < -0.4 is 0 Å². The molecule has 1 aliphatic carbocycles. The van der Waals surface area contributed by atoms with Crippen molar-refractivity contribution < 1.29 is 19.1 Å². The van der Waals surface area contributed by atoms with Crippen molar-refractivity contribution in [2.24, 2.45) is 11.3 Å². The van der Waals surface area contributed by atoms with Gasteiger partial charge in [0.15, 0.2) is 0 Å². The third-order valence-corrected chi connectivity index (χ3v) is 7.57.